The Morgan fingerprint density at radius 2 is 2.12 bits per heavy atom. The van der Waals surface area contributed by atoms with Crippen molar-refractivity contribution in [3.8, 4) is 5.75 Å². The van der Waals surface area contributed by atoms with Crippen LogP contribution in [-0.2, 0) is 21.4 Å². The standard InChI is InChI=1S/C19H20F3NO3/c1-25-12-3-2-11-8-15-18-10-13(26-18)4-5-17(18,14(11)9-12)6-7-23(15)16(24)19(20,21)22/h2-3,9,13,15H,4-8,10H2,1H3. The molecular weight excluding hydrogens is 347 g/mol. The number of hydrogen-bond acceptors (Lipinski definition) is 3. The Labute approximate surface area is 149 Å². The normalized spacial score (nSPS) is 37.3. The van der Waals surface area contributed by atoms with Crippen LogP contribution >= 0.6 is 0 Å². The van der Waals surface area contributed by atoms with Crippen LogP contribution in [0, 0.1) is 0 Å². The molecule has 3 saturated heterocycles. The molecule has 4 bridgehead atoms. The highest BCUT2D eigenvalue weighted by Crippen LogP contribution is 2.65. The van der Waals surface area contributed by atoms with E-state index in [2.05, 4.69) is 0 Å². The van der Waals surface area contributed by atoms with Gasteiger partial charge < -0.3 is 14.4 Å². The average molecular weight is 367 g/mol. The average Bonchev–Trinajstić information content (AvgIpc) is 2.59. The number of likely N-dealkylation sites (tertiary alicyclic amines) is 1. The number of carbonyl (C=O) groups is 1. The van der Waals surface area contributed by atoms with Gasteiger partial charge in [0.25, 0.3) is 0 Å². The monoisotopic (exact) mass is 367 g/mol. The smallest absolute Gasteiger partial charge is 0.471 e. The first kappa shape index (κ1) is 16.4. The van der Waals surface area contributed by atoms with Crippen LogP contribution in [0.5, 0.6) is 5.75 Å². The van der Waals surface area contributed by atoms with Crippen molar-refractivity contribution in [3.05, 3.63) is 29.3 Å². The summed E-state index contributed by atoms with van der Waals surface area (Å²) in [5, 5.41) is 0. The van der Waals surface area contributed by atoms with Crippen molar-refractivity contribution in [2.45, 2.75) is 61.4 Å². The Morgan fingerprint density at radius 3 is 2.81 bits per heavy atom. The summed E-state index contributed by atoms with van der Waals surface area (Å²) >= 11 is 0. The lowest BCUT2D eigenvalue weighted by atomic mass is 9.46. The Kier molecular flexibility index (Phi) is 3.12. The molecule has 7 heteroatoms. The molecule has 0 radical (unpaired) electrons. The number of piperidine rings is 1. The quantitative estimate of drug-likeness (QED) is 0.766. The number of methoxy groups -OCH3 is 1. The van der Waals surface area contributed by atoms with E-state index in [9.17, 15) is 18.0 Å². The van der Waals surface area contributed by atoms with E-state index in [1.165, 1.54) is 0 Å². The lowest BCUT2D eigenvalue weighted by Crippen LogP contribution is -2.81. The third-order valence-electron chi connectivity index (χ3n) is 7.05. The maximum absolute atomic E-state index is 13.2. The molecule has 4 fully saturated rings. The zero-order valence-electron chi connectivity index (χ0n) is 14.4. The van der Waals surface area contributed by atoms with Crippen LogP contribution in [0.4, 0.5) is 13.2 Å². The second kappa shape index (κ2) is 4.94. The van der Waals surface area contributed by atoms with E-state index in [4.69, 9.17) is 9.47 Å². The minimum absolute atomic E-state index is 0.110. The van der Waals surface area contributed by atoms with Crippen LogP contribution in [0.1, 0.15) is 36.8 Å². The molecule has 0 aromatic heterocycles. The second-order valence-electron chi connectivity index (χ2n) is 7.94. The van der Waals surface area contributed by atoms with E-state index in [0.717, 1.165) is 41.0 Å². The maximum Gasteiger partial charge on any atom is 0.471 e. The van der Waals surface area contributed by atoms with E-state index in [0.29, 0.717) is 12.8 Å². The number of halogens is 3. The van der Waals surface area contributed by atoms with Crippen molar-refractivity contribution < 1.29 is 27.4 Å². The van der Waals surface area contributed by atoms with Gasteiger partial charge in [0, 0.05) is 18.4 Å². The lowest BCUT2D eigenvalue weighted by molar-refractivity contribution is -0.319. The van der Waals surface area contributed by atoms with Gasteiger partial charge in [-0.2, -0.15) is 13.2 Å². The molecule has 1 saturated carbocycles. The van der Waals surface area contributed by atoms with Gasteiger partial charge >= 0.3 is 12.1 Å². The summed E-state index contributed by atoms with van der Waals surface area (Å²) in [6.07, 6.45) is -1.31. The third-order valence-corrected chi connectivity index (χ3v) is 7.05. The molecule has 26 heavy (non-hydrogen) atoms. The van der Waals surface area contributed by atoms with Crippen LogP contribution in [0.25, 0.3) is 0 Å². The molecular formula is C19H20F3NO3. The molecule has 1 aromatic carbocycles. The molecule has 3 heterocycles. The highest BCUT2D eigenvalue weighted by atomic mass is 19.4. The molecule has 1 aromatic rings. The Balaban J connectivity index is 1.65. The van der Waals surface area contributed by atoms with Gasteiger partial charge in [-0.25, -0.2) is 0 Å². The molecule has 6 rings (SSSR count). The van der Waals surface area contributed by atoms with Gasteiger partial charge in [-0.15, -0.1) is 0 Å². The summed E-state index contributed by atoms with van der Waals surface area (Å²) in [5.41, 5.74) is 1.14. The fraction of sp³-hybridized carbons (Fsp3) is 0.632. The molecule has 3 aliphatic heterocycles. The molecule has 4 atom stereocenters. The van der Waals surface area contributed by atoms with Crippen molar-refractivity contribution in [1.82, 2.24) is 4.90 Å². The predicted molar refractivity (Wildman–Crippen MR) is 86.0 cm³/mol. The highest BCUT2D eigenvalue weighted by Gasteiger charge is 2.73. The van der Waals surface area contributed by atoms with Crippen LogP contribution in [0.15, 0.2) is 18.2 Å². The first-order valence-electron chi connectivity index (χ1n) is 9.04. The van der Waals surface area contributed by atoms with Crippen LogP contribution < -0.4 is 4.74 Å². The molecule has 4 nitrogen and oxygen atoms in total. The van der Waals surface area contributed by atoms with Gasteiger partial charge in [0.2, 0.25) is 0 Å². The van der Waals surface area contributed by atoms with Gasteiger partial charge in [0.05, 0.1) is 19.3 Å². The van der Waals surface area contributed by atoms with Gasteiger partial charge in [-0.05, 0) is 48.9 Å². The number of hydrogen-bond donors (Lipinski definition) is 0. The Hall–Kier alpha value is -1.76. The van der Waals surface area contributed by atoms with Crippen molar-refractivity contribution in [2.75, 3.05) is 13.7 Å². The van der Waals surface area contributed by atoms with E-state index < -0.39 is 23.7 Å². The minimum Gasteiger partial charge on any atom is -0.497 e. The summed E-state index contributed by atoms with van der Waals surface area (Å²) in [6, 6.07) is 5.24. The first-order chi connectivity index (χ1) is 12.3. The molecule has 1 spiro atoms. The summed E-state index contributed by atoms with van der Waals surface area (Å²) in [4.78, 5) is 13.1. The third kappa shape index (κ3) is 1.82. The number of ether oxygens (including phenoxy) is 2. The Morgan fingerprint density at radius 1 is 1.35 bits per heavy atom. The van der Waals surface area contributed by atoms with Crippen LogP contribution in [0.2, 0.25) is 0 Å². The fourth-order valence-corrected chi connectivity index (χ4v) is 6.00. The summed E-state index contributed by atoms with van der Waals surface area (Å²) in [7, 11) is 1.61. The van der Waals surface area contributed by atoms with Crippen molar-refractivity contribution in [3.63, 3.8) is 0 Å². The number of nitrogens with zero attached hydrogens (tertiary/aromatic N) is 1. The molecule has 5 aliphatic rings. The molecule has 4 unspecified atom stereocenters. The zero-order valence-corrected chi connectivity index (χ0v) is 14.4. The van der Waals surface area contributed by atoms with Gasteiger partial charge in [-0.1, -0.05) is 6.07 Å². The number of alkyl halides is 3. The number of amides is 1. The largest absolute Gasteiger partial charge is 0.497 e. The number of benzene rings is 1. The SMILES string of the molecule is COc1ccc2c(c1)C13CCC4CC1(O4)C(C2)N(C(=O)C(F)(F)F)CC3. The van der Waals surface area contributed by atoms with E-state index in [-0.39, 0.29) is 18.1 Å². The first-order valence-corrected chi connectivity index (χ1v) is 9.04. The van der Waals surface area contributed by atoms with Crippen molar-refractivity contribution in [1.29, 1.82) is 0 Å². The minimum atomic E-state index is -4.85. The fourth-order valence-electron chi connectivity index (χ4n) is 6.00. The van der Waals surface area contributed by atoms with Crippen molar-refractivity contribution in [2.24, 2.45) is 0 Å². The molecule has 2 aliphatic carbocycles. The van der Waals surface area contributed by atoms with Crippen molar-refractivity contribution >= 4 is 5.91 Å². The summed E-state index contributed by atoms with van der Waals surface area (Å²) < 4.78 is 51.1. The number of rotatable bonds is 1. The highest BCUT2D eigenvalue weighted by molar-refractivity contribution is 5.83. The summed E-state index contributed by atoms with van der Waals surface area (Å²) in [6.45, 7) is 0.120. The second-order valence-corrected chi connectivity index (χ2v) is 7.94. The van der Waals surface area contributed by atoms with Gasteiger partial charge in [0.15, 0.2) is 0 Å². The topological polar surface area (TPSA) is 38.8 Å². The predicted octanol–water partition coefficient (Wildman–Crippen LogP) is 2.97. The number of fused-ring (bicyclic) bond motifs is 2. The van der Waals surface area contributed by atoms with E-state index in [1.54, 1.807) is 7.11 Å². The van der Waals surface area contributed by atoms with E-state index >= 15 is 0 Å². The van der Waals surface area contributed by atoms with Crippen LogP contribution in [0.3, 0.4) is 0 Å². The number of carbonyl (C=O) groups excluding carboxylic acids is 1. The zero-order chi connectivity index (χ0) is 18.3. The summed E-state index contributed by atoms with van der Waals surface area (Å²) in [5.74, 6) is -0.984. The van der Waals surface area contributed by atoms with Crippen LogP contribution in [-0.4, -0.2) is 48.4 Å². The Bertz CT molecular complexity index is 787. The maximum atomic E-state index is 13.2. The molecule has 140 valence electrons. The van der Waals surface area contributed by atoms with E-state index in [1.807, 2.05) is 18.2 Å². The van der Waals surface area contributed by atoms with Gasteiger partial charge in [-0.3, -0.25) is 4.79 Å². The molecule has 0 N–H and O–H groups in total. The lowest BCUT2D eigenvalue weighted by Gasteiger charge is -2.72. The molecule has 1 amide bonds. The van der Waals surface area contributed by atoms with Gasteiger partial charge in [0.1, 0.15) is 11.4 Å².